The zero-order valence-electron chi connectivity index (χ0n) is 24.0. The first kappa shape index (κ1) is 30.2. The molecule has 0 bridgehead atoms. The number of carbonyl (C=O) groups excluding carboxylic acids is 1. The number of benzene rings is 2. The summed E-state index contributed by atoms with van der Waals surface area (Å²) in [6, 6.07) is 13.0. The van der Waals surface area contributed by atoms with E-state index in [1.807, 2.05) is 24.3 Å². The molecule has 2 aliphatic heterocycles. The van der Waals surface area contributed by atoms with Crippen LogP contribution in [0, 0.1) is 11.8 Å². The van der Waals surface area contributed by atoms with Crippen LogP contribution in [0.3, 0.4) is 0 Å². The maximum atomic E-state index is 14.1. The van der Waals surface area contributed by atoms with E-state index in [2.05, 4.69) is 50.6 Å². The second-order valence-electron chi connectivity index (χ2n) is 11.6. The Morgan fingerprint density at radius 3 is 2.40 bits per heavy atom. The van der Waals surface area contributed by atoms with Crippen LogP contribution in [0.2, 0.25) is 0 Å². The highest BCUT2D eigenvalue weighted by atomic mass is 19.4. The predicted molar refractivity (Wildman–Crippen MR) is 150 cm³/mol. The third-order valence-corrected chi connectivity index (χ3v) is 8.42. The van der Waals surface area contributed by atoms with Gasteiger partial charge in [-0.3, -0.25) is 5.32 Å². The molecule has 6 atom stereocenters. The molecule has 4 unspecified atom stereocenters. The molecule has 0 aliphatic carbocycles. The number of carbonyl (C=O) groups is 1. The minimum atomic E-state index is -4.58. The second-order valence-corrected chi connectivity index (χ2v) is 11.6. The van der Waals surface area contributed by atoms with Crippen molar-refractivity contribution in [1.29, 1.82) is 0 Å². The number of nitrogens with one attached hydrogen (secondary N) is 3. The lowest BCUT2D eigenvalue weighted by molar-refractivity contribution is -0.334. The first-order valence-electron chi connectivity index (χ1n) is 14.4. The van der Waals surface area contributed by atoms with Gasteiger partial charge in [-0.15, -0.1) is 0 Å². The van der Waals surface area contributed by atoms with E-state index in [4.69, 9.17) is 9.47 Å². The van der Waals surface area contributed by atoms with E-state index in [0.717, 1.165) is 12.8 Å². The number of ether oxygens (including phenoxy) is 2. The first-order valence-corrected chi connectivity index (χ1v) is 14.4. The van der Waals surface area contributed by atoms with Crippen molar-refractivity contribution in [2.75, 3.05) is 11.9 Å². The Morgan fingerprint density at radius 2 is 1.82 bits per heavy atom. The van der Waals surface area contributed by atoms with E-state index in [0.29, 0.717) is 23.9 Å². The van der Waals surface area contributed by atoms with Gasteiger partial charge >= 0.3 is 12.2 Å². The fraction of sp³-hybridized carbons (Fsp3) is 0.581. The maximum Gasteiger partial charge on any atom is 0.421 e. The molecule has 9 heteroatoms. The number of urea groups is 1. The SMILES string of the molecule is CCC[C@@H](C)C1CC(NC(=O)Nc2ccc(C(C)C)cc2)C(Oc2ccccc2[C@@]2(C(F)(F)F)CCO2)NC1C. The molecule has 2 aromatic carbocycles. The van der Waals surface area contributed by atoms with Crippen molar-refractivity contribution in [2.24, 2.45) is 11.8 Å². The van der Waals surface area contributed by atoms with Crippen molar-refractivity contribution in [1.82, 2.24) is 10.6 Å². The third-order valence-electron chi connectivity index (χ3n) is 8.42. The molecular weight excluding hydrogens is 519 g/mol. The summed E-state index contributed by atoms with van der Waals surface area (Å²) in [5.74, 6) is 1.12. The van der Waals surface area contributed by atoms with E-state index in [-0.39, 0.29) is 36.3 Å². The van der Waals surface area contributed by atoms with Crippen LogP contribution in [-0.4, -0.2) is 37.1 Å². The summed E-state index contributed by atoms with van der Waals surface area (Å²) >= 11 is 0. The van der Waals surface area contributed by atoms with Gasteiger partial charge in [-0.2, -0.15) is 13.2 Å². The minimum Gasteiger partial charge on any atom is -0.473 e. The summed E-state index contributed by atoms with van der Waals surface area (Å²) in [4.78, 5) is 13.1. The van der Waals surface area contributed by atoms with Crippen LogP contribution in [-0.2, 0) is 10.3 Å². The van der Waals surface area contributed by atoms with Crippen LogP contribution in [0.25, 0.3) is 0 Å². The molecule has 2 fully saturated rings. The topological polar surface area (TPSA) is 71.6 Å². The number of rotatable bonds is 9. The number of hydrogen-bond donors (Lipinski definition) is 3. The Hall–Kier alpha value is -2.78. The van der Waals surface area contributed by atoms with Crippen LogP contribution < -0.4 is 20.7 Å². The fourth-order valence-corrected chi connectivity index (χ4v) is 5.99. The number of alkyl halides is 3. The van der Waals surface area contributed by atoms with Crippen LogP contribution in [0.4, 0.5) is 23.7 Å². The molecule has 40 heavy (non-hydrogen) atoms. The molecule has 2 heterocycles. The van der Waals surface area contributed by atoms with Gasteiger partial charge in [-0.25, -0.2) is 4.79 Å². The van der Waals surface area contributed by atoms with Crippen molar-refractivity contribution >= 4 is 11.7 Å². The van der Waals surface area contributed by atoms with Gasteiger partial charge in [0.2, 0.25) is 0 Å². The Balaban J connectivity index is 1.56. The van der Waals surface area contributed by atoms with Gasteiger partial charge in [0.25, 0.3) is 0 Å². The molecule has 2 aromatic rings. The van der Waals surface area contributed by atoms with Crippen LogP contribution >= 0.6 is 0 Å². The number of piperidine rings is 1. The smallest absolute Gasteiger partial charge is 0.421 e. The lowest BCUT2D eigenvalue weighted by atomic mass is 9.77. The molecule has 0 saturated carbocycles. The quantitative estimate of drug-likeness (QED) is 0.300. The Labute approximate surface area is 235 Å². The van der Waals surface area contributed by atoms with Gasteiger partial charge in [-0.05, 0) is 54.9 Å². The molecule has 4 rings (SSSR count). The predicted octanol–water partition coefficient (Wildman–Crippen LogP) is 7.32. The van der Waals surface area contributed by atoms with E-state index in [1.165, 1.54) is 17.7 Å². The number of halogens is 3. The first-order chi connectivity index (χ1) is 18.9. The Bertz CT molecular complexity index is 1130. The molecule has 0 radical (unpaired) electrons. The average Bonchev–Trinajstić information content (AvgIpc) is 2.85. The van der Waals surface area contributed by atoms with Gasteiger partial charge in [0.05, 0.1) is 12.6 Å². The number of hydrogen-bond acceptors (Lipinski definition) is 4. The van der Waals surface area contributed by atoms with E-state index < -0.39 is 30.1 Å². The zero-order valence-corrected chi connectivity index (χ0v) is 24.0. The second kappa shape index (κ2) is 12.4. The van der Waals surface area contributed by atoms with Crippen molar-refractivity contribution in [3.8, 4) is 5.75 Å². The van der Waals surface area contributed by atoms with E-state index in [9.17, 15) is 18.0 Å². The van der Waals surface area contributed by atoms with Crippen molar-refractivity contribution in [3.05, 3.63) is 59.7 Å². The standard InChI is InChI=1S/C31H42F3N3O3/c1-6-9-20(4)24-18-26(37-29(38)36-23-14-12-22(13-15-23)19(2)3)28(35-21(24)5)40-27-11-8-7-10-25(27)30(16-17-39-30)31(32,33)34/h7-8,10-15,19-21,24,26,28,35H,6,9,16-18H2,1-5H3,(H2,36,37,38)/t20-,21?,24?,26?,28?,30-/m1/s1. The highest BCUT2D eigenvalue weighted by Gasteiger charge is 2.62. The summed E-state index contributed by atoms with van der Waals surface area (Å²) in [5, 5.41) is 9.40. The summed E-state index contributed by atoms with van der Waals surface area (Å²) in [6.07, 6.45) is -2.77. The van der Waals surface area contributed by atoms with Gasteiger partial charge in [-0.1, -0.05) is 70.9 Å². The molecule has 0 spiro atoms. The molecule has 2 amide bonds. The zero-order chi connectivity index (χ0) is 29.1. The van der Waals surface area contributed by atoms with Crippen LogP contribution in [0.15, 0.2) is 48.5 Å². The van der Waals surface area contributed by atoms with E-state index in [1.54, 1.807) is 12.1 Å². The lowest BCUT2D eigenvalue weighted by Crippen LogP contribution is -2.63. The van der Waals surface area contributed by atoms with Gasteiger partial charge in [0, 0.05) is 23.7 Å². The normalized spacial score (nSPS) is 27.5. The maximum absolute atomic E-state index is 14.1. The fourth-order valence-electron chi connectivity index (χ4n) is 5.99. The summed E-state index contributed by atoms with van der Waals surface area (Å²) in [5.41, 5.74) is -0.599. The van der Waals surface area contributed by atoms with Gasteiger partial charge in [0.1, 0.15) is 5.75 Å². The number of amides is 2. The summed E-state index contributed by atoms with van der Waals surface area (Å²) in [6.45, 7) is 10.7. The molecule has 0 aromatic heterocycles. The number of anilines is 1. The van der Waals surface area contributed by atoms with Crippen molar-refractivity contribution in [3.63, 3.8) is 0 Å². The average molecular weight is 562 g/mol. The molecule has 2 aliphatic rings. The van der Waals surface area contributed by atoms with Gasteiger partial charge in [0.15, 0.2) is 11.8 Å². The highest BCUT2D eigenvalue weighted by Crippen LogP contribution is 2.52. The van der Waals surface area contributed by atoms with Crippen LogP contribution in [0.5, 0.6) is 5.75 Å². The minimum absolute atomic E-state index is 0.0338. The van der Waals surface area contributed by atoms with Crippen molar-refractivity contribution < 1.29 is 27.4 Å². The third kappa shape index (κ3) is 6.41. The Morgan fingerprint density at radius 1 is 1.15 bits per heavy atom. The summed E-state index contributed by atoms with van der Waals surface area (Å²) in [7, 11) is 0. The summed E-state index contributed by atoms with van der Waals surface area (Å²) < 4.78 is 53.9. The van der Waals surface area contributed by atoms with E-state index >= 15 is 0 Å². The Kier molecular flexibility index (Phi) is 9.35. The monoisotopic (exact) mass is 561 g/mol. The largest absolute Gasteiger partial charge is 0.473 e. The van der Waals surface area contributed by atoms with Crippen molar-refractivity contribution in [2.45, 2.75) is 96.3 Å². The number of para-hydroxylation sites is 1. The molecule has 3 N–H and O–H groups in total. The lowest BCUT2D eigenvalue weighted by Gasteiger charge is -2.46. The van der Waals surface area contributed by atoms with Crippen LogP contribution in [0.1, 0.15) is 77.3 Å². The highest BCUT2D eigenvalue weighted by molar-refractivity contribution is 5.89. The molecular formula is C31H42F3N3O3. The molecule has 2 saturated heterocycles. The van der Waals surface area contributed by atoms with Gasteiger partial charge < -0.3 is 20.1 Å². The molecule has 6 nitrogen and oxygen atoms in total. The molecule has 220 valence electrons.